The molecule has 1 aliphatic rings. The number of amides is 2. The van der Waals surface area contributed by atoms with Gasteiger partial charge in [-0.05, 0) is 34.5 Å². The van der Waals surface area contributed by atoms with E-state index in [4.69, 9.17) is 0 Å². The van der Waals surface area contributed by atoms with E-state index in [1.54, 1.807) is 7.05 Å². The minimum absolute atomic E-state index is 0.203. The van der Waals surface area contributed by atoms with Crippen LogP contribution in [0.1, 0.15) is 18.9 Å². The van der Waals surface area contributed by atoms with E-state index in [1.807, 2.05) is 18.2 Å². The molecule has 0 aliphatic carbocycles. The average molecular weight is 352 g/mol. The third-order valence-electron chi connectivity index (χ3n) is 3.99. The summed E-state index contributed by atoms with van der Waals surface area (Å²) >= 11 is 3.43. The summed E-state index contributed by atoms with van der Waals surface area (Å²) in [4.78, 5) is 37.6. The molecule has 0 saturated carbocycles. The topological polar surface area (TPSA) is 64.3 Å². The summed E-state index contributed by atoms with van der Waals surface area (Å²) in [5, 5.41) is 0. The third kappa shape index (κ3) is 1.95. The second kappa shape index (κ2) is 4.84. The van der Waals surface area contributed by atoms with Crippen molar-refractivity contribution < 1.29 is 9.59 Å². The van der Waals surface area contributed by atoms with Crippen molar-refractivity contribution in [3.63, 3.8) is 0 Å². The lowest BCUT2D eigenvalue weighted by Gasteiger charge is -2.28. The first kappa shape index (κ1) is 14.1. The summed E-state index contributed by atoms with van der Waals surface area (Å²) in [5.74, 6) is -0.536. The van der Waals surface area contributed by atoms with Crippen LogP contribution < -0.4 is 5.69 Å². The highest BCUT2D eigenvalue weighted by atomic mass is 79.9. The number of nitrogens with zero attached hydrogens (tertiary/aromatic N) is 3. The standard InChI is InChI=1S/C14H14BrN3O3/c1-16-11(19)7-6-10(13(16)20)18-9-5-3-4-8(15)12(9)17(2)14(18)21/h3-5,10H,6-7H2,1-2H3. The van der Waals surface area contributed by atoms with Crippen molar-refractivity contribution in [2.24, 2.45) is 7.05 Å². The molecule has 1 aromatic heterocycles. The molecule has 21 heavy (non-hydrogen) atoms. The average Bonchev–Trinajstić information content (AvgIpc) is 2.71. The summed E-state index contributed by atoms with van der Waals surface area (Å²) < 4.78 is 3.81. The minimum Gasteiger partial charge on any atom is -0.294 e. The molecule has 1 aromatic carbocycles. The molecule has 2 heterocycles. The van der Waals surface area contributed by atoms with Crippen molar-refractivity contribution in [1.29, 1.82) is 0 Å². The SMILES string of the molecule is CN1C(=O)CCC(n2c(=O)n(C)c3c(Br)cccc32)C1=O. The van der Waals surface area contributed by atoms with Gasteiger partial charge >= 0.3 is 5.69 Å². The molecule has 2 amide bonds. The predicted molar refractivity (Wildman–Crippen MR) is 80.9 cm³/mol. The molecule has 1 fully saturated rings. The lowest BCUT2D eigenvalue weighted by Crippen LogP contribution is -2.45. The number of rotatable bonds is 1. The first-order valence-corrected chi connectivity index (χ1v) is 7.38. The summed E-state index contributed by atoms with van der Waals surface area (Å²) in [5.41, 5.74) is 1.19. The van der Waals surface area contributed by atoms with Crippen LogP contribution in [0.15, 0.2) is 27.5 Å². The number of carbonyl (C=O) groups excluding carboxylic acids is 2. The van der Waals surface area contributed by atoms with E-state index >= 15 is 0 Å². The van der Waals surface area contributed by atoms with E-state index < -0.39 is 6.04 Å². The smallest absolute Gasteiger partial charge is 0.294 e. The lowest BCUT2D eigenvalue weighted by atomic mass is 10.0. The van der Waals surface area contributed by atoms with Gasteiger partial charge in [0.15, 0.2) is 0 Å². The number of imide groups is 1. The Hall–Kier alpha value is -1.89. The van der Waals surface area contributed by atoms with Crippen LogP contribution in [0.2, 0.25) is 0 Å². The third-order valence-corrected chi connectivity index (χ3v) is 4.63. The van der Waals surface area contributed by atoms with Crippen LogP contribution in [0.25, 0.3) is 11.0 Å². The van der Waals surface area contributed by atoms with Crippen LogP contribution in [0.3, 0.4) is 0 Å². The van der Waals surface area contributed by atoms with Gasteiger partial charge in [-0.3, -0.25) is 23.6 Å². The van der Waals surface area contributed by atoms with Crippen LogP contribution in [0.5, 0.6) is 0 Å². The van der Waals surface area contributed by atoms with Gasteiger partial charge in [0.1, 0.15) is 6.04 Å². The van der Waals surface area contributed by atoms with Crippen molar-refractivity contribution in [1.82, 2.24) is 14.0 Å². The van der Waals surface area contributed by atoms with E-state index in [2.05, 4.69) is 15.9 Å². The highest BCUT2D eigenvalue weighted by molar-refractivity contribution is 9.10. The molecule has 1 aliphatic heterocycles. The number of carbonyl (C=O) groups is 2. The summed E-state index contributed by atoms with van der Waals surface area (Å²) in [7, 11) is 3.14. The number of likely N-dealkylation sites (N-methyl/N-ethyl adjacent to an activating group) is 1. The van der Waals surface area contributed by atoms with Gasteiger partial charge in [0.05, 0.1) is 11.0 Å². The van der Waals surface area contributed by atoms with Gasteiger partial charge in [-0.25, -0.2) is 4.79 Å². The summed E-state index contributed by atoms with van der Waals surface area (Å²) in [6.45, 7) is 0. The highest BCUT2D eigenvalue weighted by Gasteiger charge is 2.35. The summed E-state index contributed by atoms with van der Waals surface area (Å²) in [6.07, 6.45) is 0.622. The molecule has 1 unspecified atom stereocenters. The number of hydrogen-bond donors (Lipinski definition) is 0. The van der Waals surface area contributed by atoms with Crippen molar-refractivity contribution >= 4 is 38.8 Å². The zero-order valence-electron chi connectivity index (χ0n) is 11.7. The maximum absolute atomic E-state index is 12.5. The molecular formula is C14H14BrN3O3. The minimum atomic E-state index is -0.627. The van der Waals surface area contributed by atoms with Crippen molar-refractivity contribution in [3.05, 3.63) is 33.2 Å². The fourth-order valence-electron chi connectivity index (χ4n) is 2.83. The Morgan fingerprint density at radius 2 is 1.90 bits per heavy atom. The Balaban J connectivity index is 2.24. The highest BCUT2D eigenvalue weighted by Crippen LogP contribution is 2.28. The van der Waals surface area contributed by atoms with Gasteiger partial charge in [0, 0.05) is 25.0 Å². The van der Waals surface area contributed by atoms with Gasteiger partial charge < -0.3 is 0 Å². The lowest BCUT2D eigenvalue weighted by molar-refractivity contribution is -0.149. The van der Waals surface area contributed by atoms with Gasteiger partial charge in [-0.2, -0.15) is 0 Å². The number of likely N-dealkylation sites (tertiary alicyclic amines) is 1. The molecule has 110 valence electrons. The van der Waals surface area contributed by atoms with Crippen LogP contribution in [-0.4, -0.2) is 32.9 Å². The largest absolute Gasteiger partial charge is 0.329 e. The first-order valence-electron chi connectivity index (χ1n) is 6.59. The number of halogens is 1. The van der Waals surface area contributed by atoms with Gasteiger partial charge in [0.25, 0.3) is 5.91 Å². The van der Waals surface area contributed by atoms with Crippen LogP contribution in [0.4, 0.5) is 0 Å². The predicted octanol–water partition coefficient (Wildman–Crippen LogP) is 1.42. The van der Waals surface area contributed by atoms with E-state index in [0.717, 1.165) is 14.9 Å². The number of imidazole rings is 1. The van der Waals surface area contributed by atoms with Gasteiger partial charge in [-0.1, -0.05) is 6.07 Å². The van der Waals surface area contributed by atoms with Crippen molar-refractivity contribution in [3.8, 4) is 0 Å². The quantitative estimate of drug-likeness (QED) is 0.730. The molecule has 0 bridgehead atoms. The second-order valence-electron chi connectivity index (χ2n) is 5.16. The zero-order valence-corrected chi connectivity index (χ0v) is 13.3. The first-order chi connectivity index (χ1) is 9.93. The van der Waals surface area contributed by atoms with Crippen molar-refractivity contribution in [2.75, 3.05) is 7.05 Å². The maximum atomic E-state index is 12.5. The van der Waals surface area contributed by atoms with E-state index in [0.29, 0.717) is 11.9 Å². The maximum Gasteiger partial charge on any atom is 0.329 e. The molecule has 3 rings (SSSR count). The van der Waals surface area contributed by atoms with Crippen LogP contribution >= 0.6 is 15.9 Å². The Kier molecular flexibility index (Phi) is 3.24. The van der Waals surface area contributed by atoms with Crippen LogP contribution in [0, 0.1) is 0 Å². The Labute approximate surface area is 129 Å². The molecule has 0 radical (unpaired) electrons. The number of hydrogen-bond acceptors (Lipinski definition) is 3. The number of para-hydroxylation sites is 1. The Morgan fingerprint density at radius 1 is 1.19 bits per heavy atom. The van der Waals surface area contributed by atoms with E-state index in [-0.39, 0.29) is 23.9 Å². The molecule has 0 spiro atoms. The molecular weight excluding hydrogens is 338 g/mol. The van der Waals surface area contributed by atoms with Gasteiger partial charge in [0.2, 0.25) is 5.91 Å². The number of piperidine rings is 1. The number of benzene rings is 1. The van der Waals surface area contributed by atoms with E-state index in [9.17, 15) is 14.4 Å². The zero-order chi connectivity index (χ0) is 15.3. The normalized spacial score (nSPS) is 19.6. The Bertz CT molecular complexity index is 821. The van der Waals surface area contributed by atoms with Gasteiger partial charge in [-0.15, -0.1) is 0 Å². The van der Waals surface area contributed by atoms with Crippen LogP contribution in [-0.2, 0) is 16.6 Å². The Morgan fingerprint density at radius 3 is 2.62 bits per heavy atom. The molecule has 1 atom stereocenters. The number of fused-ring (bicyclic) bond motifs is 1. The van der Waals surface area contributed by atoms with Crippen molar-refractivity contribution in [2.45, 2.75) is 18.9 Å². The van der Waals surface area contributed by atoms with E-state index in [1.165, 1.54) is 16.2 Å². The number of aryl methyl sites for hydroxylation is 1. The molecule has 2 aromatic rings. The second-order valence-corrected chi connectivity index (χ2v) is 6.02. The summed E-state index contributed by atoms with van der Waals surface area (Å²) in [6, 6.07) is 4.86. The molecule has 6 nitrogen and oxygen atoms in total. The molecule has 1 saturated heterocycles. The molecule has 7 heteroatoms. The fraction of sp³-hybridized carbons (Fsp3) is 0.357. The fourth-order valence-corrected chi connectivity index (χ4v) is 3.45. The molecule has 0 N–H and O–H groups in total. The monoisotopic (exact) mass is 351 g/mol. The number of aromatic nitrogens is 2.